The van der Waals surface area contributed by atoms with E-state index in [1.165, 1.54) is 37.2 Å². The Labute approximate surface area is 120 Å². The molecule has 2 aliphatic rings. The minimum absolute atomic E-state index is 0.712. The lowest BCUT2D eigenvalue weighted by Crippen LogP contribution is -2.47. The lowest BCUT2D eigenvalue weighted by atomic mass is 10.0. The number of nitrogens with one attached hydrogen (secondary N) is 1. The summed E-state index contributed by atoms with van der Waals surface area (Å²) in [6.07, 6.45) is 7.14. The molecule has 1 N–H and O–H groups in total. The molecule has 2 fully saturated rings. The summed E-state index contributed by atoms with van der Waals surface area (Å²) in [7, 11) is 0. The van der Waals surface area contributed by atoms with E-state index < -0.39 is 0 Å². The number of aromatic nitrogens is 1. The van der Waals surface area contributed by atoms with Gasteiger partial charge in [0.2, 0.25) is 0 Å². The quantitative estimate of drug-likeness (QED) is 0.919. The average Bonchev–Trinajstić information content (AvgIpc) is 2.50. The number of anilines is 1. The van der Waals surface area contributed by atoms with Crippen molar-refractivity contribution >= 4 is 17.6 Å². The Balaban J connectivity index is 1.46. The molecule has 0 saturated carbocycles. The lowest BCUT2D eigenvalue weighted by Gasteiger charge is -2.36. The largest absolute Gasteiger partial charge is 0.357 e. The van der Waals surface area contributed by atoms with Gasteiger partial charge in [0.25, 0.3) is 0 Å². The maximum absolute atomic E-state index is 4.45. The molecule has 0 spiro atoms. The van der Waals surface area contributed by atoms with E-state index in [-0.39, 0.29) is 0 Å². The molecule has 3 rings (SSSR count). The molecular formula is C15H23N3S. The third kappa shape index (κ3) is 3.63. The minimum atomic E-state index is 0.712. The molecule has 0 bridgehead atoms. The summed E-state index contributed by atoms with van der Waals surface area (Å²) in [4.78, 5) is 6.86. The highest BCUT2D eigenvalue weighted by Crippen LogP contribution is 2.21. The van der Waals surface area contributed by atoms with Crippen LogP contribution in [-0.4, -0.2) is 41.7 Å². The average molecular weight is 277 g/mol. The van der Waals surface area contributed by atoms with Crippen molar-refractivity contribution in [2.24, 2.45) is 0 Å². The molecule has 3 heterocycles. The standard InChI is InChI=1S/C15H23N3S/c1-2-8-16-15(5-1)18-9-6-13(7-10-18)17-14-4-3-11-19-12-14/h1-2,5,8,13-14,17H,3-4,6-7,9-12H2. The van der Waals surface area contributed by atoms with Crippen LogP contribution in [0.1, 0.15) is 25.7 Å². The number of rotatable bonds is 3. The lowest BCUT2D eigenvalue weighted by molar-refractivity contribution is 0.365. The fraction of sp³-hybridized carbons (Fsp3) is 0.667. The maximum Gasteiger partial charge on any atom is 0.128 e. The summed E-state index contributed by atoms with van der Waals surface area (Å²) in [5, 5.41) is 3.86. The van der Waals surface area contributed by atoms with Gasteiger partial charge in [0.05, 0.1) is 0 Å². The fourth-order valence-corrected chi connectivity index (χ4v) is 4.11. The van der Waals surface area contributed by atoms with Crippen LogP contribution in [0.15, 0.2) is 24.4 Å². The van der Waals surface area contributed by atoms with E-state index in [4.69, 9.17) is 0 Å². The maximum atomic E-state index is 4.45. The number of hydrogen-bond donors (Lipinski definition) is 1. The zero-order valence-electron chi connectivity index (χ0n) is 11.4. The summed E-state index contributed by atoms with van der Waals surface area (Å²) in [5.74, 6) is 3.80. The third-order valence-corrected chi connectivity index (χ3v) is 5.32. The number of pyridine rings is 1. The summed E-state index contributed by atoms with van der Waals surface area (Å²) in [5.41, 5.74) is 0. The van der Waals surface area contributed by atoms with Gasteiger partial charge in [0.1, 0.15) is 5.82 Å². The topological polar surface area (TPSA) is 28.2 Å². The van der Waals surface area contributed by atoms with Gasteiger partial charge in [-0.2, -0.15) is 11.8 Å². The predicted molar refractivity (Wildman–Crippen MR) is 83.0 cm³/mol. The molecule has 19 heavy (non-hydrogen) atoms. The van der Waals surface area contributed by atoms with Crippen molar-refractivity contribution in [1.82, 2.24) is 10.3 Å². The summed E-state index contributed by atoms with van der Waals surface area (Å²) in [6.45, 7) is 2.27. The van der Waals surface area contributed by atoms with Crippen LogP contribution in [0, 0.1) is 0 Å². The van der Waals surface area contributed by atoms with Crippen molar-refractivity contribution < 1.29 is 0 Å². The highest BCUT2D eigenvalue weighted by atomic mass is 32.2. The SMILES string of the molecule is c1ccc(N2CCC(NC3CCCSC3)CC2)nc1. The molecule has 1 aromatic heterocycles. The normalized spacial score (nSPS) is 25.5. The van der Waals surface area contributed by atoms with Gasteiger partial charge in [0, 0.05) is 37.1 Å². The monoisotopic (exact) mass is 277 g/mol. The van der Waals surface area contributed by atoms with E-state index in [2.05, 4.69) is 39.1 Å². The van der Waals surface area contributed by atoms with Gasteiger partial charge in [0.15, 0.2) is 0 Å². The van der Waals surface area contributed by atoms with Crippen LogP contribution < -0.4 is 10.2 Å². The van der Waals surface area contributed by atoms with Crippen molar-refractivity contribution in [3.8, 4) is 0 Å². The first kappa shape index (κ1) is 13.3. The van der Waals surface area contributed by atoms with Crippen molar-refractivity contribution in [2.75, 3.05) is 29.5 Å². The van der Waals surface area contributed by atoms with Crippen LogP contribution >= 0.6 is 11.8 Å². The van der Waals surface area contributed by atoms with E-state index >= 15 is 0 Å². The Morgan fingerprint density at radius 2 is 2.05 bits per heavy atom. The molecule has 2 aliphatic heterocycles. The number of thioether (sulfide) groups is 1. The van der Waals surface area contributed by atoms with Gasteiger partial charge < -0.3 is 10.2 Å². The molecule has 0 radical (unpaired) electrons. The number of hydrogen-bond acceptors (Lipinski definition) is 4. The van der Waals surface area contributed by atoms with Gasteiger partial charge in [-0.3, -0.25) is 0 Å². The Morgan fingerprint density at radius 3 is 2.74 bits per heavy atom. The molecule has 0 aromatic carbocycles. The van der Waals surface area contributed by atoms with Gasteiger partial charge >= 0.3 is 0 Å². The number of piperidine rings is 1. The summed E-state index contributed by atoms with van der Waals surface area (Å²) >= 11 is 2.11. The molecule has 104 valence electrons. The fourth-order valence-electron chi connectivity index (χ4n) is 3.02. The highest BCUT2D eigenvalue weighted by Gasteiger charge is 2.23. The van der Waals surface area contributed by atoms with Crippen LogP contribution in [0.25, 0.3) is 0 Å². The molecule has 0 aliphatic carbocycles. The second-order valence-electron chi connectivity index (χ2n) is 5.53. The second-order valence-corrected chi connectivity index (χ2v) is 6.68. The van der Waals surface area contributed by atoms with Crippen molar-refractivity contribution in [2.45, 2.75) is 37.8 Å². The molecule has 4 heteroatoms. The van der Waals surface area contributed by atoms with Gasteiger partial charge in [-0.15, -0.1) is 0 Å². The van der Waals surface area contributed by atoms with Crippen molar-refractivity contribution in [3.63, 3.8) is 0 Å². The van der Waals surface area contributed by atoms with E-state index in [1.54, 1.807) is 0 Å². The zero-order valence-corrected chi connectivity index (χ0v) is 12.2. The Hall–Kier alpha value is -0.740. The van der Waals surface area contributed by atoms with E-state index in [9.17, 15) is 0 Å². The molecular weight excluding hydrogens is 254 g/mol. The molecule has 1 aromatic rings. The van der Waals surface area contributed by atoms with E-state index in [0.29, 0.717) is 6.04 Å². The summed E-state index contributed by atoms with van der Waals surface area (Å²) in [6, 6.07) is 7.64. The van der Waals surface area contributed by atoms with Gasteiger partial charge in [-0.05, 0) is 43.6 Å². The molecule has 0 amide bonds. The van der Waals surface area contributed by atoms with Crippen molar-refractivity contribution in [1.29, 1.82) is 0 Å². The molecule has 1 unspecified atom stereocenters. The van der Waals surface area contributed by atoms with Crippen LogP contribution in [-0.2, 0) is 0 Å². The molecule has 3 nitrogen and oxygen atoms in total. The third-order valence-electron chi connectivity index (χ3n) is 4.10. The molecule has 2 saturated heterocycles. The Kier molecular flexibility index (Phi) is 4.62. The predicted octanol–water partition coefficient (Wildman–Crippen LogP) is 2.54. The van der Waals surface area contributed by atoms with Crippen LogP contribution in [0.5, 0.6) is 0 Å². The Bertz CT molecular complexity index is 370. The van der Waals surface area contributed by atoms with Gasteiger partial charge in [-0.1, -0.05) is 6.07 Å². The van der Waals surface area contributed by atoms with Crippen LogP contribution in [0.4, 0.5) is 5.82 Å². The smallest absolute Gasteiger partial charge is 0.128 e. The molecule has 1 atom stereocenters. The van der Waals surface area contributed by atoms with Crippen molar-refractivity contribution in [3.05, 3.63) is 24.4 Å². The summed E-state index contributed by atoms with van der Waals surface area (Å²) < 4.78 is 0. The number of nitrogens with zero attached hydrogens (tertiary/aromatic N) is 2. The van der Waals surface area contributed by atoms with Gasteiger partial charge in [-0.25, -0.2) is 4.98 Å². The van der Waals surface area contributed by atoms with Crippen LogP contribution in [0.2, 0.25) is 0 Å². The van der Waals surface area contributed by atoms with E-state index in [0.717, 1.165) is 24.9 Å². The first-order valence-electron chi connectivity index (χ1n) is 7.41. The first-order valence-corrected chi connectivity index (χ1v) is 8.57. The second kappa shape index (κ2) is 6.62. The van der Waals surface area contributed by atoms with E-state index in [1.807, 2.05) is 12.3 Å². The minimum Gasteiger partial charge on any atom is -0.357 e. The highest BCUT2D eigenvalue weighted by molar-refractivity contribution is 7.99. The Morgan fingerprint density at radius 1 is 1.16 bits per heavy atom. The van der Waals surface area contributed by atoms with Crippen LogP contribution in [0.3, 0.4) is 0 Å². The zero-order chi connectivity index (χ0) is 12.9. The first-order chi connectivity index (χ1) is 9.42.